The van der Waals surface area contributed by atoms with Crippen LogP contribution in [0.1, 0.15) is 39.7 Å². The lowest BCUT2D eigenvalue weighted by Gasteiger charge is -2.47. The van der Waals surface area contributed by atoms with Gasteiger partial charge in [0, 0.05) is 36.8 Å². The summed E-state index contributed by atoms with van der Waals surface area (Å²) in [6.45, 7) is 12.3. The van der Waals surface area contributed by atoms with Crippen LogP contribution in [0.5, 0.6) is 5.75 Å². The third-order valence-corrected chi connectivity index (χ3v) is 4.87. The number of nitrogens with zero attached hydrogens (tertiary/aromatic N) is 1. The van der Waals surface area contributed by atoms with Crippen LogP contribution in [-0.2, 0) is 6.54 Å². The molecule has 0 aromatic heterocycles. The van der Waals surface area contributed by atoms with E-state index >= 15 is 0 Å². The highest BCUT2D eigenvalue weighted by Crippen LogP contribution is 2.27. The summed E-state index contributed by atoms with van der Waals surface area (Å²) in [5.74, 6) is 1.64. The number of benzene rings is 1. The maximum Gasteiger partial charge on any atom is 0.123 e. The molecule has 3 heteroatoms. The average molecular weight is 290 g/mol. The van der Waals surface area contributed by atoms with Crippen molar-refractivity contribution in [1.29, 1.82) is 0 Å². The minimum Gasteiger partial charge on any atom is -0.496 e. The average Bonchev–Trinajstić information content (AvgIpc) is 2.47. The van der Waals surface area contributed by atoms with Gasteiger partial charge >= 0.3 is 0 Å². The highest BCUT2D eigenvalue weighted by Gasteiger charge is 2.35. The van der Waals surface area contributed by atoms with Gasteiger partial charge in [0.1, 0.15) is 5.75 Å². The van der Waals surface area contributed by atoms with Gasteiger partial charge in [-0.25, -0.2) is 0 Å². The second kappa shape index (κ2) is 6.80. The lowest BCUT2D eigenvalue weighted by Crippen LogP contribution is -2.63. The molecule has 1 heterocycles. The van der Waals surface area contributed by atoms with Gasteiger partial charge in [-0.1, -0.05) is 39.0 Å². The summed E-state index contributed by atoms with van der Waals surface area (Å²) in [7, 11) is 1.76. The van der Waals surface area contributed by atoms with Crippen molar-refractivity contribution in [3.8, 4) is 5.75 Å². The second-order valence-corrected chi connectivity index (χ2v) is 6.82. The van der Waals surface area contributed by atoms with E-state index < -0.39 is 0 Å². The van der Waals surface area contributed by atoms with Gasteiger partial charge in [0.25, 0.3) is 0 Å². The molecule has 0 spiro atoms. The molecule has 1 aliphatic heterocycles. The number of methoxy groups -OCH3 is 1. The number of rotatable bonds is 5. The zero-order chi connectivity index (χ0) is 15.5. The molecule has 0 bridgehead atoms. The van der Waals surface area contributed by atoms with Gasteiger partial charge in [0.05, 0.1) is 7.11 Å². The van der Waals surface area contributed by atoms with Crippen LogP contribution in [0.25, 0.3) is 0 Å². The molecule has 0 saturated carbocycles. The summed E-state index contributed by atoms with van der Waals surface area (Å²) >= 11 is 0. The van der Waals surface area contributed by atoms with Crippen molar-refractivity contribution < 1.29 is 4.74 Å². The Hall–Kier alpha value is -1.06. The summed E-state index contributed by atoms with van der Waals surface area (Å²) in [5.41, 5.74) is 1.50. The molecule has 1 fully saturated rings. The number of ether oxygens (including phenoxy) is 1. The molecule has 1 aromatic carbocycles. The quantitative estimate of drug-likeness (QED) is 0.900. The molecule has 0 radical (unpaired) electrons. The van der Waals surface area contributed by atoms with Gasteiger partial charge in [0.15, 0.2) is 0 Å². The molecule has 0 amide bonds. The van der Waals surface area contributed by atoms with E-state index in [0.717, 1.165) is 31.8 Å². The van der Waals surface area contributed by atoms with E-state index in [0.29, 0.717) is 12.0 Å². The van der Waals surface area contributed by atoms with Crippen molar-refractivity contribution in [2.75, 3.05) is 20.2 Å². The van der Waals surface area contributed by atoms with Crippen LogP contribution in [0.15, 0.2) is 24.3 Å². The Morgan fingerprint density at radius 2 is 2.10 bits per heavy atom. The van der Waals surface area contributed by atoms with Gasteiger partial charge in [-0.15, -0.1) is 0 Å². The highest BCUT2D eigenvalue weighted by molar-refractivity contribution is 5.33. The number of nitrogens with one attached hydrogen (secondary N) is 1. The van der Waals surface area contributed by atoms with E-state index in [1.165, 1.54) is 5.56 Å². The molecule has 2 unspecified atom stereocenters. The molecule has 118 valence electrons. The molecule has 1 N–H and O–H groups in total. The SMILES string of the molecule is CCC1(C)CN(Cc2ccccc2OC)C(C(C)C)CN1. The topological polar surface area (TPSA) is 24.5 Å². The normalized spacial score (nSPS) is 27.0. The van der Waals surface area contributed by atoms with E-state index in [2.05, 4.69) is 56.1 Å². The first kappa shape index (κ1) is 16.3. The minimum atomic E-state index is 0.216. The summed E-state index contributed by atoms with van der Waals surface area (Å²) in [6, 6.07) is 8.96. The molecule has 2 atom stereocenters. The van der Waals surface area contributed by atoms with E-state index in [1.54, 1.807) is 7.11 Å². The van der Waals surface area contributed by atoms with E-state index in [9.17, 15) is 0 Å². The van der Waals surface area contributed by atoms with Gasteiger partial charge < -0.3 is 10.1 Å². The molecule has 1 aliphatic rings. The van der Waals surface area contributed by atoms with Crippen LogP contribution in [0.2, 0.25) is 0 Å². The fourth-order valence-electron chi connectivity index (χ4n) is 3.22. The lowest BCUT2D eigenvalue weighted by molar-refractivity contribution is 0.0533. The molecular weight excluding hydrogens is 260 g/mol. The zero-order valence-electron chi connectivity index (χ0n) is 14.1. The van der Waals surface area contributed by atoms with Gasteiger partial charge in [-0.3, -0.25) is 4.90 Å². The predicted octanol–water partition coefficient (Wildman–Crippen LogP) is 3.29. The highest BCUT2D eigenvalue weighted by atomic mass is 16.5. The predicted molar refractivity (Wildman–Crippen MR) is 88.7 cm³/mol. The number of hydrogen-bond acceptors (Lipinski definition) is 3. The third kappa shape index (κ3) is 3.78. The van der Waals surface area contributed by atoms with E-state index in [4.69, 9.17) is 4.74 Å². The van der Waals surface area contributed by atoms with Crippen LogP contribution in [0.3, 0.4) is 0 Å². The first-order chi connectivity index (χ1) is 9.99. The van der Waals surface area contributed by atoms with Crippen LogP contribution < -0.4 is 10.1 Å². The smallest absolute Gasteiger partial charge is 0.123 e. The number of hydrogen-bond donors (Lipinski definition) is 1. The maximum absolute atomic E-state index is 5.52. The molecule has 3 nitrogen and oxygen atoms in total. The monoisotopic (exact) mass is 290 g/mol. The summed E-state index contributed by atoms with van der Waals surface area (Å²) in [4.78, 5) is 2.63. The van der Waals surface area contributed by atoms with Crippen molar-refractivity contribution in [2.45, 2.75) is 52.2 Å². The number of piperazine rings is 1. The standard InChI is InChI=1S/C18H30N2O/c1-6-18(4)13-20(16(11-19-18)14(2)3)12-15-9-7-8-10-17(15)21-5/h7-10,14,16,19H,6,11-13H2,1-5H3. The van der Waals surface area contributed by atoms with Crippen molar-refractivity contribution in [2.24, 2.45) is 5.92 Å². The Labute approximate surface area is 129 Å². The van der Waals surface area contributed by atoms with Crippen molar-refractivity contribution >= 4 is 0 Å². The Kier molecular flexibility index (Phi) is 5.28. The third-order valence-electron chi connectivity index (χ3n) is 4.87. The first-order valence-corrected chi connectivity index (χ1v) is 8.10. The van der Waals surface area contributed by atoms with Crippen molar-refractivity contribution in [1.82, 2.24) is 10.2 Å². The van der Waals surface area contributed by atoms with Gasteiger partial charge in [-0.2, -0.15) is 0 Å². The minimum absolute atomic E-state index is 0.216. The summed E-state index contributed by atoms with van der Waals surface area (Å²) < 4.78 is 5.52. The second-order valence-electron chi connectivity index (χ2n) is 6.82. The number of para-hydroxylation sites is 1. The lowest BCUT2D eigenvalue weighted by atomic mass is 9.89. The Balaban J connectivity index is 2.20. The van der Waals surface area contributed by atoms with Crippen molar-refractivity contribution in [3.63, 3.8) is 0 Å². The van der Waals surface area contributed by atoms with Crippen LogP contribution >= 0.6 is 0 Å². The summed E-state index contributed by atoms with van der Waals surface area (Å²) in [6.07, 6.45) is 1.15. The molecule has 21 heavy (non-hydrogen) atoms. The van der Waals surface area contributed by atoms with Crippen LogP contribution in [0, 0.1) is 5.92 Å². The zero-order valence-corrected chi connectivity index (χ0v) is 14.1. The molecular formula is C18H30N2O. The molecule has 2 rings (SSSR count). The van der Waals surface area contributed by atoms with Crippen LogP contribution in [-0.4, -0.2) is 36.7 Å². The Bertz CT molecular complexity index is 460. The van der Waals surface area contributed by atoms with E-state index in [1.807, 2.05) is 6.07 Å². The van der Waals surface area contributed by atoms with Gasteiger partial charge in [0.2, 0.25) is 0 Å². The van der Waals surface area contributed by atoms with E-state index in [-0.39, 0.29) is 5.54 Å². The Morgan fingerprint density at radius 1 is 1.38 bits per heavy atom. The largest absolute Gasteiger partial charge is 0.496 e. The molecule has 1 saturated heterocycles. The van der Waals surface area contributed by atoms with Crippen LogP contribution in [0.4, 0.5) is 0 Å². The maximum atomic E-state index is 5.52. The fraction of sp³-hybridized carbons (Fsp3) is 0.667. The Morgan fingerprint density at radius 3 is 2.71 bits per heavy atom. The van der Waals surface area contributed by atoms with Crippen molar-refractivity contribution in [3.05, 3.63) is 29.8 Å². The van der Waals surface area contributed by atoms with Gasteiger partial charge in [-0.05, 0) is 25.3 Å². The first-order valence-electron chi connectivity index (χ1n) is 8.10. The molecule has 1 aromatic rings. The fourth-order valence-corrected chi connectivity index (χ4v) is 3.22. The molecule has 0 aliphatic carbocycles. The summed E-state index contributed by atoms with van der Waals surface area (Å²) in [5, 5.41) is 3.75.